The predicted octanol–water partition coefficient (Wildman–Crippen LogP) is 1.69. The van der Waals surface area contributed by atoms with Gasteiger partial charge in [-0.1, -0.05) is 13.3 Å². The lowest BCUT2D eigenvalue weighted by atomic mass is 10.1. The van der Waals surface area contributed by atoms with Crippen molar-refractivity contribution in [3.63, 3.8) is 0 Å². The van der Waals surface area contributed by atoms with Crippen LogP contribution in [0.2, 0.25) is 0 Å². The third-order valence-corrected chi connectivity index (χ3v) is 4.84. The van der Waals surface area contributed by atoms with Crippen molar-refractivity contribution < 1.29 is 4.74 Å². The Balaban J connectivity index is 1.58. The minimum atomic E-state index is 0.558. The Kier molecular flexibility index (Phi) is 7.28. The standard InChI is InChI=1S/C16H33N3O/c1-2-5-15(14-17)19-11-9-18(10-12-19)8-3-6-16-7-4-13-20-16/h15-16H,2-14,17H2,1H3. The maximum absolute atomic E-state index is 5.91. The van der Waals surface area contributed by atoms with E-state index in [9.17, 15) is 0 Å². The molecule has 2 N–H and O–H groups in total. The van der Waals surface area contributed by atoms with Gasteiger partial charge in [0, 0.05) is 45.4 Å². The summed E-state index contributed by atoms with van der Waals surface area (Å²) >= 11 is 0. The van der Waals surface area contributed by atoms with E-state index in [-0.39, 0.29) is 0 Å². The molecule has 0 aromatic carbocycles. The number of piperazine rings is 1. The van der Waals surface area contributed by atoms with Crippen molar-refractivity contribution in [3.8, 4) is 0 Å². The Hall–Kier alpha value is -0.160. The van der Waals surface area contributed by atoms with Gasteiger partial charge in [0.2, 0.25) is 0 Å². The average molecular weight is 283 g/mol. The van der Waals surface area contributed by atoms with Crippen LogP contribution in [0.1, 0.15) is 45.4 Å². The quantitative estimate of drug-likeness (QED) is 0.736. The molecule has 2 saturated heterocycles. The summed E-state index contributed by atoms with van der Waals surface area (Å²) in [7, 11) is 0. The molecule has 4 nitrogen and oxygen atoms in total. The normalized spacial score (nSPS) is 27.0. The molecule has 0 amide bonds. The first-order valence-corrected chi connectivity index (χ1v) is 8.61. The first-order valence-electron chi connectivity index (χ1n) is 8.61. The van der Waals surface area contributed by atoms with E-state index in [0.29, 0.717) is 12.1 Å². The molecule has 20 heavy (non-hydrogen) atoms. The van der Waals surface area contributed by atoms with Gasteiger partial charge in [-0.25, -0.2) is 0 Å². The molecule has 2 unspecified atom stereocenters. The molecule has 2 aliphatic heterocycles. The van der Waals surface area contributed by atoms with Gasteiger partial charge in [0.1, 0.15) is 0 Å². The molecule has 0 aliphatic carbocycles. The van der Waals surface area contributed by atoms with Gasteiger partial charge in [-0.3, -0.25) is 4.90 Å². The second-order valence-corrected chi connectivity index (χ2v) is 6.33. The minimum Gasteiger partial charge on any atom is -0.378 e. The maximum Gasteiger partial charge on any atom is 0.0576 e. The second-order valence-electron chi connectivity index (χ2n) is 6.33. The van der Waals surface area contributed by atoms with E-state index in [1.54, 1.807) is 0 Å². The Labute approximate surface area is 124 Å². The third-order valence-electron chi connectivity index (χ3n) is 4.84. The van der Waals surface area contributed by atoms with E-state index >= 15 is 0 Å². The van der Waals surface area contributed by atoms with Gasteiger partial charge >= 0.3 is 0 Å². The molecule has 2 atom stereocenters. The van der Waals surface area contributed by atoms with Crippen molar-refractivity contribution in [1.29, 1.82) is 0 Å². The van der Waals surface area contributed by atoms with Crippen LogP contribution in [0.3, 0.4) is 0 Å². The molecule has 0 saturated carbocycles. The molecule has 2 rings (SSSR count). The summed E-state index contributed by atoms with van der Waals surface area (Å²) in [4.78, 5) is 5.21. The van der Waals surface area contributed by atoms with Gasteiger partial charge in [0.05, 0.1) is 6.10 Å². The van der Waals surface area contributed by atoms with Crippen molar-refractivity contribution in [2.24, 2.45) is 5.73 Å². The van der Waals surface area contributed by atoms with Crippen LogP contribution in [0.15, 0.2) is 0 Å². The molecular weight excluding hydrogens is 250 g/mol. The molecule has 4 heteroatoms. The van der Waals surface area contributed by atoms with E-state index in [0.717, 1.165) is 13.2 Å². The van der Waals surface area contributed by atoms with E-state index in [1.165, 1.54) is 71.2 Å². The number of hydrogen-bond acceptors (Lipinski definition) is 4. The van der Waals surface area contributed by atoms with Crippen molar-refractivity contribution >= 4 is 0 Å². The lowest BCUT2D eigenvalue weighted by Crippen LogP contribution is -2.52. The molecule has 2 heterocycles. The average Bonchev–Trinajstić information content (AvgIpc) is 2.99. The molecule has 0 spiro atoms. The Bertz CT molecular complexity index is 248. The van der Waals surface area contributed by atoms with Crippen molar-refractivity contribution in [2.45, 2.75) is 57.6 Å². The fourth-order valence-corrected chi connectivity index (χ4v) is 3.55. The molecule has 0 aromatic heterocycles. The molecule has 0 bridgehead atoms. The highest BCUT2D eigenvalue weighted by Gasteiger charge is 2.22. The zero-order valence-electron chi connectivity index (χ0n) is 13.2. The first-order chi connectivity index (χ1) is 9.83. The largest absolute Gasteiger partial charge is 0.378 e. The third kappa shape index (κ3) is 4.99. The van der Waals surface area contributed by atoms with Gasteiger partial charge in [-0.2, -0.15) is 0 Å². The van der Waals surface area contributed by atoms with E-state index < -0.39 is 0 Å². The molecule has 0 aromatic rings. The topological polar surface area (TPSA) is 41.7 Å². The second kappa shape index (κ2) is 8.98. The molecule has 2 fully saturated rings. The zero-order chi connectivity index (χ0) is 14.2. The van der Waals surface area contributed by atoms with Crippen molar-refractivity contribution in [3.05, 3.63) is 0 Å². The highest BCUT2D eigenvalue weighted by Crippen LogP contribution is 2.17. The van der Waals surface area contributed by atoms with Gasteiger partial charge in [-0.05, 0) is 38.6 Å². The molecule has 2 aliphatic rings. The van der Waals surface area contributed by atoms with Crippen LogP contribution in [0, 0.1) is 0 Å². The number of ether oxygens (including phenoxy) is 1. The lowest BCUT2D eigenvalue weighted by Gasteiger charge is -2.39. The predicted molar refractivity (Wildman–Crippen MR) is 84.0 cm³/mol. The summed E-state index contributed by atoms with van der Waals surface area (Å²) in [6, 6.07) is 0.606. The summed E-state index contributed by atoms with van der Waals surface area (Å²) in [5.41, 5.74) is 5.91. The van der Waals surface area contributed by atoms with Crippen LogP contribution in [-0.4, -0.2) is 67.8 Å². The fourth-order valence-electron chi connectivity index (χ4n) is 3.55. The molecule has 118 valence electrons. The van der Waals surface area contributed by atoms with E-state index in [1.807, 2.05) is 0 Å². The monoisotopic (exact) mass is 283 g/mol. The number of nitrogens with two attached hydrogens (primary N) is 1. The summed E-state index contributed by atoms with van der Waals surface area (Å²) in [5.74, 6) is 0. The number of nitrogens with zero attached hydrogens (tertiary/aromatic N) is 2. The fraction of sp³-hybridized carbons (Fsp3) is 1.00. The molecular formula is C16H33N3O. The SMILES string of the molecule is CCCC(CN)N1CCN(CCCC2CCCO2)CC1. The van der Waals surface area contributed by atoms with Gasteiger partial charge in [0.15, 0.2) is 0 Å². The Morgan fingerprint density at radius 2 is 2.05 bits per heavy atom. The number of rotatable bonds is 8. The van der Waals surface area contributed by atoms with Gasteiger partial charge in [0.25, 0.3) is 0 Å². The summed E-state index contributed by atoms with van der Waals surface area (Å²) < 4.78 is 5.69. The van der Waals surface area contributed by atoms with Crippen LogP contribution >= 0.6 is 0 Å². The number of hydrogen-bond donors (Lipinski definition) is 1. The highest BCUT2D eigenvalue weighted by molar-refractivity contribution is 4.79. The first kappa shape index (κ1) is 16.2. The summed E-state index contributed by atoms with van der Waals surface area (Å²) in [6.45, 7) is 10.1. The Morgan fingerprint density at radius 3 is 2.65 bits per heavy atom. The maximum atomic E-state index is 5.91. The van der Waals surface area contributed by atoms with Gasteiger partial charge < -0.3 is 15.4 Å². The van der Waals surface area contributed by atoms with Crippen LogP contribution in [0.25, 0.3) is 0 Å². The summed E-state index contributed by atoms with van der Waals surface area (Å²) in [6.07, 6.45) is 8.13. The van der Waals surface area contributed by atoms with E-state index in [4.69, 9.17) is 10.5 Å². The Morgan fingerprint density at radius 1 is 1.25 bits per heavy atom. The van der Waals surface area contributed by atoms with Crippen LogP contribution < -0.4 is 5.73 Å². The van der Waals surface area contributed by atoms with E-state index in [2.05, 4.69) is 16.7 Å². The van der Waals surface area contributed by atoms with Crippen molar-refractivity contribution in [1.82, 2.24) is 9.80 Å². The zero-order valence-corrected chi connectivity index (χ0v) is 13.2. The smallest absolute Gasteiger partial charge is 0.0576 e. The summed E-state index contributed by atoms with van der Waals surface area (Å²) in [5, 5.41) is 0. The van der Waals surface area contributed by atoms with Crippen LogP contribution in [-0.2, 0) is 4.74 Å². The van der Waals surface area contributed by atoms with Crippen LogP contribution in [0.5, 0.6) is 0 Å². The lowest BCUT2D eigenvalue weighted by molar-refractivity contribution is 0.0799. The minimum absolute atomic E-state index is 0.558. The highest BCUT2D eigenvalue weighted by atomic mass is 16.5. The van der Waals surface area contributed by atoms with Crippen molar-refractivity contribution in [2.75, 3.05) is 45.9 Å². The van der Waals surface area contributed by atoms with Gasteiger partial charge in [-0.15, -0.1) is 0 Å². The molecule has 0 radical (unpaired) electrons. The van der Waals surface area contributed by atoms with Crippen LogP contribution in [0.4, 0.5) is 0 Å².